The standard InChI is InChI=1S/C34H34ClN3O2/c1-20-9-8-10-24(14-20)38-28-16-34(4,5)17-29(39)32(28)31(26(18-36)33(38)37)25-15-21(2)13-23(22(25)3)19-40-30-12-7-6-11-27(30)35/h6-15,31H,16-17,19,37H2,1-5H3. The summed E-state index contributed by atoms with van der Waals surface area (Å²) in [6.07, 6.45) is 1.08. The lowest BCUT2D eigenvalue weighted by molar-refractivity contribution is -0.118. The maximum atomic E-state index is 14.0. The lowest BCUT2D eigenvalue weighted by Gasteiger charge is -2.44. The summed E-state index contributed by atoms with van der Waals surface area (Å²) in [5, 5.41) is 11.1. The van der Waals surface area contributed by atoms with E-state index in [0.29, 0.717) is 47.2 Å². The molecule has 1 unspecified atom stereocenters. The molecule has 0 aromatic heterocycles. The first kappa shape index (κ1) is 27.6. The van der Waals surface area contributed by atoms with E-state index in [1.165, 1.54) is 0 Å². The Kier molecular flexibility index (Phi) is 7.25. The van der Waals surface area contributed by atoms with Crippen molar-refractivity contribution in [2.75, 3.05) is 4.90 Å². The van der Waals surface area contributed by atoms with Crippen LogP contribution in [0, 0.1) is 37.5 Å². The van der Waals surface area contributed by atoms with Crippen LogP contribution in [0.15, 0.2) is 83.3 Å². The summed E-state index contributed by atoms with van der Waals surface area (Å²) in [6.45, 7) is 10.6. The van der Waals surface area contributed by atoms with E-state index in [-0.39, 0.29) is 11.2 Å². The summed E-state index contributed by atoms with van der Waals surface area (Å²) in [5.74, 6) is 0.485. The van der Waals surface area contributed by atoms with E-state index in [9.17, 15) is 10.1 Å². The smallest absolute Gasteiger partial charge is 0.162 e. The fourth-order valence-corrected chi connectivity index (χ4v) is 6.20. The molecule has 0 saturated heterocycles. The molecule has 0 amide bonds. The van der Waals surface area contributed by atoms with E-state index < -0.39 is 5.92 Å². The van der Waals surface area contributed by atoms with Crippen molar-refractivity contribution in [2.24, 2.45) is 11.1 Å². The summed E-state index contributed by atoms with van der Waals surface area (Å²) < 4.78 is 6.10. The molecule has 0 spiro atoms. The zero-order valence-electron chi connectivity index (χ0n) is 23.6. The molecule has 0 radical (unpaired) electrons. The van der Waals surface area contributed by atoms with Gasteiger partial charge in [0.15, 0.2) is 5.78 Å². The number of allylic oxidation sites excluding steroid dienone is 3. The Balaban J connectivity index is 1.68. The van der Waals surface area contributed by atoms with Crippen LogP contribution in [0.3, 0.4) is 0 Å². The molecule has 0 saturated carbocycles. The van der Waals surface area contributed by atoms with Crippen LogP contribution in [0.5, 0.6) is 5.75 Å². The zero-order chi connectivity index (χ0) is 28.8. The van der Waals surface area contributed by atoms with Crippen LogP contribution in [0.4, 0.5) is 5.69 Å². The monoisotopic (exact) mass is 551 g/mol. The van der Waals surface area contributed by atoms with Crippen LogP contribution >= 0.6 is 11.6 Å². The summed E-state index contributed by atoms with van der Waals surface area (Å²) >= 11 is 6.33. The average molecular weight is 552 g/mol. The number of aryl methyl sites for hydroxylation is 2. The van der Waals surface area contributed by atoms with Crippen molar-refractivity contribution in [1.82, 2.24) is 0 Å². The number of ketones is 1. The third-order valence-corrected chi connectivity index (χ3v) is 8.18. The van der Waals surface area contributed by atoms with Crippen LogP contribution in [-0.4, -0.2) is 5.78 Å². The van der Waals surface area contributed by atoms with Gasteiger partial charge in [-0.1, -0.05) is 67.4 Å². The minimum atomic E-state index is -0.552. The second-order valence-electron chi connectivity index (χ2n) is 11.7. The number of nitrogens with two attached hydrogens (primary N) is 1. The number of nitrogens with zero attached hydrogens (tertiary/aromatic N) is 2. The van der Waals surface area contributed by atoms with Crippen molar-refractivity contribution in [3.8, 4) is 11.8 Å². The molecule has 3 aromatic rings. The second kappa shape index (κ2) is 10.5. The Morgan fingerprint density at radius 1 is 1.05 bits per heavy atom. The number of rotatable bonds is 5. The van der Waals surface area contributed by atoms with Gasteiger partial charge in [-0.2, -0.15) is 5.26 Å². The number of carbonyl (C=O) groups is 1. The van der Waals surface area contributed by atoms with E-state index in [2.05, 4.69) is 32.0 Å². The van der Waals surface area contributed by atoms with Crippen molar-refractivity contribution < 1.29 is 9.53 Å². The molecule has 5 rings (SSSR count). The number of carbonyl (C=O) groups excluding carboxylic acids is 1. The highest BCUT2D eigenvalue weighted by Gasteiger charge is 2.45. The molecule has 5 nitrogen and oxygen atoms in total. The molecule has 2 aliphatic rings. The number of anilines is 1. The molecule has 204 valence electrons. The molecule has 0 fully saturated rings. The molecule has 0 bridgehead atoms. The predicted octanol–water partition coefficient (Wildman–Crippen LogP) is 7.79. The Morgan fingerprint density at radius 3 is 2.50 bits per heavy atom. The number of benzene rings is 3. The van der Waals surface area contributed by atoms with Gasteiger partial charge in [0, 0.05) is 23.4 Å². The van der Waals surface area contributed by atoms with Gasteiger partial charge in [-0.15, -0.1) is 0 Å². The summed E-state index contributed by atoms with van der Waals surface area (Å²) in [4.78, 5) is 15.9. The second-order valence-corrected chi connectivity index (χ2v) is 12.1. The molecule has 1 aliphatic heterocycles. The molecular weight excluding hydrogens is 518 g/mol. The van der Waals surface area contributed by atoms with Crippen LogP contribution < -0.4 is 15.4 Å². The van der Waals surface area contributed by atoms with Crippen LogP contribution in [-0.2, 0) is 11.4 Å². The molecule has 3 aromatic carbocycles. The Hall–Kier alpha value is -4.01. The average Bonchev–Trinajstić information content (AvgIpc) is 2.88. The number of halogens is 1. The molecule has 1 heterocycles. The normalized spacial score (nSPS) is 18.5. The molecular formula is C34H34ClN3O2. The minimum Gasteiger partial charge on any atom is -0.487 e. The van der Waals surface area contributed by atoms with Crippen molar-refractivity contribution in [3.63, 3.8) is 0 Å². The number of ether oxygens (including phenoxy) is 1. The maximum Gasteiger partial charge on any atom is 0.162 e. The number of hydrogen-bond acceptors (Lipinski definition) is 5. The number of Topliss-reactive ketones (excluding diaryl/α,β-unsaturated/α-hetero) is 1. The number of nitriles is 1. The number of para-hydroxylation sites is 1. The third-order valence-electron chi connectivity index (χ3n) is 7.87. The minimum absolute atomic E-state index is 0.0592. The first-order valence-corrected chi connectivity index (χ1v) is 13.9. The van der Waals surface area contributed by atoms with Crippen molar-refractivity contribution in [2.45, 2.75) is 60.0 Å². The first-order valence-electron chi connectivity index (χ1n) is 13.5. The van der Waals surface area contributed by atoms with Crippen LogP contribution in [0.1, 0.15) is 60.4 Å². The molecule has 1 aliphatic carbocycles. The highest BCUT2D eigenvalue weighted by atomic mass is 35.5. The Bertz CT molecular complexity index is 1630. The fraction of sp³-hybridized carbons (Fsp3) is 0.294. The first-order chi connectivity index (χ1) is 19.0. The van der Waals surface area contributed by atoms with Crippen molar-refractivity contribution in [3.05, 3.63) is 116 Å². The van der Waals surface area contributed by atoms with E-state index in [1.807, 2.05) is 68.1 Å². The van der Waals surface area contributed by atoms with Crippen LogP contribution in [0.25, 0.3) is 0 Å². The fourth-order valence-electron chi connectivity index (χ4n) is 6.01. The molecule has 40 heavy (non-hydrogen) atoms. The molecule has 1 atom stereocenters. The SMILES string of the molecule is Cc1cccc(N2C(N)=C(C#N)C(c3cc(C)cc(COc4ccccc4Cl)c3C)C3=C2CC(C)(C)CC3=O)c1. The van der Waals surface area contributed by atoms with Gasteiger partial charge in [0.1, 0.15) is 18.2 Å². The van der Waals surface area contributed by atoms with Gasteiger partial charge in [0.2, 0.25) is 0 Å². The van der Waals surface area contributed by atoms with Gasteiger partial charge in [0.25, 0.3) is 0 Å². The lowest BCUT2D eigenvalue weighted by Crippen LogP contribution is -2.42. The molecule has 6 heteroatoms. The highest BCUT2D eigenvalue weighted by molar-refractivity contribution is 6.32. The zero-order valence-corrected chi connectivity index (χ0v) is 24.4. The predicted molar refractivity (Wildman–Crippen MR) is 160 cm³/mol. The summed E-state index contributed by atoms with van der Waals surface area (Å²) in [7, 11) is 0. The summed E-state index contributed by atoms with van der Waals surface area (Å²) in [5.41, 5.74) is 14.4. The third kappa shape index (κ3) is 5.00. The van der Waals surface area contributed by atoms with Crippen molar-refractivity contribution >= 4 is 23.1 Å². The van der Waals surface area contributed by atoms with E-state index in [0.717, 1.165) is 39.2 Å². The quantitative estimate of drug-likeness (QED) is 0.350. The van der Waals surface area contributed by atoms with E-state index in [1.54, 1.807) is 6.07 Å². The van der Waals surface area contributed by atoms with Gasteiger partial charge in [-0.25, -0.2) is 0 Å². The van der Waals surface area contributed by atoms with Crippen molar-refractivity contribution in [1.29, 1.82) is 5.26 Å². The van der Waals surface area contributed by atoms with E-state index in [4.69, 9.17) is 22.1 Å². The maximum absolute atomic E-state index is 14.0. The van der Waals surface area contributed by atoms with Gasteiger partial charge in [-0.05, 0) is 79.1 Å². The number of hydrogen-bond donors (Lipinski definition) is 1. The Morgan fingerprint density at radius 2 is 1.80 bits per heavy atom. The van der Waals surface area contributed by atoms with Crippen LogP contribution in [0.2, 0.25) is 5.02 Å². The Labute approximate surface area is 241 Å². The van der Waals surface area contributed by atoms with Gasteiger partial charge in [-0.3, -0.25) is 9.69 Å². The highest BCUT2D eigenvalue weighted by Crippen LogP contribution is 2.51. The topological polar surface area (TPSA) is 79.3 Å². The summed E-state index contributed by atoms with van der Waals surface area (Å²) in [6, 6.07) is 22.0. The lowest BCUT2D eigenvalue weighted by atomic mass is 9.68. The van der Waals surface area contributed by atoms with Gasteiger partial charge < -0.3 is 10.5 Å². The van der Waals surface area contributed by atoms with Gasteiger partial charge >= 0.3 is 0 Å². The largest absolute Gasteiger partial charge is 0.487 e. The van der Waals surface area contributed by atoms with E-state index >= 15 is 0 Å². The van der Waals surface area contributed by atoms with Gasteiger partial charge in [0.05, 0.1) is 22.6 Å². The molecule has 2 N–H and O–H groups in total.